The highest BCUT2D eigenvalue weighted by Gasteiger charge is 2.32. The lowest BCUT2D eigenvalue weighted by Crippen LogP contribution is -2.30. The summed E-state index contributed by atoms with van der Waals surface area (Å²) in [5, 5.41) is 3.49. The minimum Gasteiger partial charge on any atom is -0.397 e. The molecule has 17 heavy (non-hydrogen) atoms. The van der Waals surface area contributed by atoms with Crippen molar-refractivity contribution in [1.29, 1.82) is 0 Å². The van der Waals surface area contributed by atoms with E-state index in [2.05, 4.69) is 11.6 Å². The molecule has 2 rings (SSSR count). The van der Waals surface area contributed by atoms with Crippen molar-refractivity contribution < 1.29 is 0 Å². The van der Waals surface area contributed by atoms with Gasteiger partial charge in [0.25, 0.3) is 0 Å². The molecule has 1 fully saturated rings. The van der Waals surface area contributed by atoms with Crippen LogP contribution in [0.25, 0.3) is 0 Å². The number of anilines is 3. The molecule has 1 saturated carbocycles. The van der Waals surface area contributed by atoms with Crippen molar-refractivity contribution in [1.82, 2.24) is 0 Å². The number of thioether (sulfide) groups is 1. The van der Waals surface area contributed by atoms with E-state index in [-0.39, 0.29) is 0 Å². The van der Waals surface area contributed by atoms with E-state index >= 15 is 0 Å². The minimum absolute atomic E-state index is 0.413. The number of nitrogen functional groups attached to an aromatic ring is 2. The van der Waals surface area contributed by atoms with Crippen LogP contribution in [-0.4, -0.2) is 17.5 Å². The Balaban J connectivity index is 1.99. The second kappa shape index (κ2) is 5.08. The van der Waals surface area contributed by atoms with Gasteiger partial charge in [0.15, 0.2) is 0 Å². The molecule has 5 N–H and O–H groups in total. The van der Waals surface area contributed by atoms with Gasteiger partial charge in [-0.25, -0.2) is 0 Å². The Morgan fingerprint density at radius 1 is 1.24 bits per heavy atom. The smallest absolute Gasteiger partial charge is 0.0568 e. The van der Waals surface area contributed by atoms with Crippen LogP contribution >= 0.6 is 11.8 Å². The quantitative estimate of drug-likeness (QED) is 0.720. The molecule has 0 saturated heterocycles. The average molecular weight is 251 g/mol. The van der Waals surface area contributed by atoms with Crippen molar-refractivity contribution in [2.45, 2.75) is 30.4 Å². The van der Waals surface area contributed by atoms with Gasteiger partial charge in [0.1, 0.15) is 0 Å². The molecule has 0 bridgehead atoms. The number of hydrogen-bond acceptors (Lipinski definition) is 4. The van der Waals surface area contributed by atoms with Crippen molar-refractivity contribution in [3.8, 4) is 0 Å². The summed E-state index contributed by atoms with van der Waals surface area (Å²) in [5.74, 6) is 0. The maximum atomic E-state index is 5.80. The molecule has 3 nitrogen and oxygen atoms in total. The number of nitrogens with one attached hydrogen (secondary N) is 1. The van der Waals surface area contributed by atoms with E-state index in [9.17, 15) is 0 Å². The highest BCUT2D eigenvalue weighted by atomic mass is 32.2. The van der Waals surface area contributed by atoms with Gasteiger partial charge in [0, 0.05) is 17.0 Å². The molecular weight excluding hydrogens is 230 g/mol. The Labute approximate surface area is 107 Å². The van der Waals surface area contributed by atoms with E-state index in [0.29, 0.717) is 16.1 Å². The lowest BCUT2D eigenvalue weighted by Gasteiger charge is -2.27. The van der Waals surface area contributed by atoms with E-state index in [1.807, 2.05) is 30.0 Å². The van der Waals surface area contributed by atoms with Crippen LogP contribution in [-0.2, 0) is 0 Å². The molecule has 0 heterocycles. The molecule has 1 aliphatic rings. The monoisotopic (exact) mass is 251 g/mol. The highest BCUT2D eigenvalue weighted by Crippen LogP contribution is 2.40. The molecule has 0 radical (unpaired) electrons. The van der Waals surface area contributed by atoms with Gasteiger partial charge in [0.2, 0.25) is 0 Å². The summed E-state index contributed by atoms with van der Waals surface area (Å²) >= 11 is 1.99. The zero-order chi connectivity index (χ0) is 12.3. The second-order valence-electron chi connectivity index (χ2n) is 4.79. The van der Waals surface area contributed by atoms with Crippen LogP contribution in [0.4, 0.5) is 17.1 Å². The SMILES string of the molecule is CSC1(CNc2ccc(N)c(N)c2)CCCC1. The van der Waals surface area contributed by atoms with Gasteiger partial charge in [0.05, 0.1) is 11.4 Å². The largest absolute Gasteiger partial charge is 0.397 e. The zero-order valence-electron chi connectivity index (χ0n) is 10.3. The van der Waals surface area contributed by atoms with Crippen molar-refractivity contribution in [3.63, 3.8) is 0 Å². The molecule has 94 valence electrons. The Bertz CT molecular complexity index is 386. The van der Waals surface area contributed by atoms with E-state index < -0.39 is 0 Å². The lowest BCUT2D eigenvalue weighted by molar-refractivity contribution is 0.640. The van der Waals surface area contributed by atoms with Crippen molar-refractivity contribution >= 4 is 28.8 Å². The first-order valence-electron chi connectivity index (χ1n) is 6.09. The summed E-state index contributed by atoms with van der Waals surface area (Å²) in [6.45, 7) is 1.01. The summed E-state index contributed by atoms with van der Waals surface area (Å²) in [6.07, 6.45) is 7.54. The molecule has 0 spiro atoms. The van der Waals surface area contributed by atoms with E-state index in [4.69, 9.17) is 11.5 Å². The fourth-order valence-electron chi connectivity index (χ4n) is 2.42. The molecule has 0 aliphatic heterocycles. The third kappa shape index (κ3) is 2.80. The normalized spacial score (nSPS) is 18.2. The average Bonchev–Trinajstić information content (AvgIpc) is 2.80. The summed E-state index contributed by atoms with van der Waals surface area (Å²) in [4.78, 5) is 0. The van der Waals surface area contributed by atoms with Gasteiger partial charge in [-0.3, -0.25) is 0 Å². The summed E-state index contributed by atoms with van der Waals surface area (Å²) < 4.78 is 0.413. The second-order valence-corrected chi connectivity index (χ2v) is 6.07. The maximum Gasteiger partial charge on any atom is 0.0568 e. The summed E-state index contributed by atoms with van der Waals surface area (Å²) in [6, 6.07) is 5.77. The topological polar surface area (TPSA) is 64.1 Å². The highest BCUT2D eigenvalue weighted by molar-refractivity contribution is 8.00. The number of benzene rings is 1. The number of rotatable bonds is 4. The van der Waals surface area contributed by atoms with Crippen LogP contribution in [0.15, 0.2) is 18.2 Å². The Morgan fingerprint density at radius 2 is 1.94 bits per heavy atom. The fraction of sp³-hybridized carbons (Fsp3) is 0.538. The Morgan fingerprint density at radius 3 is 2.53 bits per heavy atom. The predicted molar refractivity (Wildman–Crippen MR) is 78.5 cm³/mol. The van der Waals surface area contributed by atoms with Crippen molar-refractivity contribution in [2.75, 3.05) is 29.6 Å². The van der Waals surface area contributed by atoms with Crippen LogP contribution in [0.1, 0.15) is 25.7 Å². The minimum atomic E-state index is 0.413. The molecule has 0 amide bonds. The maximum absolute atomic E-state index is 5.80. The van der Waals surface area contributed by atoms with Gasteiger partial charge in [-0.15, -0.1) is 0 Å². The molecule has 0 aromatic heterocycles. The molecule has 4 heteroatoms. The van der Waals surface area contributed by atoms with Crippen LogP contribution in [0.2, 0.25) is 0 Å². The molecule has 1 aromatic carbocycles. The Kier molecular flexibility index (Phi) is 3.72. The van der Waals surface area contributed by atoms with E-state index in [1.165, 1.54) is 25.7 Å². The van der Waals surface area contributed by atoms with Crippen LogP contribution in [0, 0.1) is 0 Å². The molecule has 0 unspecified atom stereocenters. The van der Waals surface area contributed by atoms with Gasteiger partial charge in [-0.2, -0.15) is 11.8 Å². The molecule has 1 aromatic rings. The van der Waals surface area contributed by atoms with Gasteiger partial charge >= 0.3 is 0 Å². The first-order valence-corrected chi connectivity index (χ1v) is 7.32. The Hall–Kier alpha value is -1.03. The fourth-order valence-corrected chi connectivity index (χ4v) is 3.33. The zero-order valence-corrected chi connectivity index (χ0v) is 11.1. The first kappa shape index (κ1) is 12.4. The van der Waals surface area contributed by atoms with E-state index in [1.54, 1.807) is 0 Å². The standard InChI is InChI=1S/C13H21N3S/c1-17-13(6-2-3-7-13)9-16-10-4-5-11(14)12(15)8-10/h4-5,8,16H,2-3,6-7,9,14-15H2,1H3. The van der Waals surface area contributed by atoms with E-state index in [0.717, 1.165) is 12.2 Å². The van der Waals surface area contributed by atoms with Crippen LogP contribution < -0.4 is 16.8 Å². The molecule has 0 atom stereocenters. The number of nitrogens with two attached hydrogens (primary N) is 2. The van der Waals surface area contributed by atoms with Gasteiger partial charge in [-0.05, 0) is 37.3 Å². The van der Waals surface area contributed by atoms with Crippen LogP contribution in [0.5, 0.6) is 0 Å². The molecular formula is C13H21N3S. The van der Waals surface area contributed by atoms with Gasteiger partial charge in [-0.1, -0.05) is 12.8 Å². The van der Waals surface area contributed by atoms with Gasteiger partial charge < -0.3 is 16.8 Å². The van der Waals surface area contributed by atoms with Crippen molar-refractivity contribution in [2.24, 2.45) is 0 Å². The summed E-state index contributed by atoms with van der Waals surface area (Å²) in [7, 11) is 0. The third-order valence-corrected chi connectivity index (χ3v) is 5.07. The first-order chi connectivity index (χ1) is 8.15. The number of hydrogen-bond donors (Lipinski definition) is 3. The molecule has 1 aliphatic carbocycles. The summed E-state index contributed by atoms with van der Waals surface area (Å²) in [5.41, 5.74) is 13.9. The third-order valence-electron chi connectivity index (χ3n) is 3.65. The lowest BCUT2D eigenvalue weighted by atomic mass is 10.1. The predicted octanol–water partition coefficient (Wildman–Crippen LogP) is 2.94. The van der Waals surface area contributed by atoms with Crippen molar-refractivity contribution in [3.05, 3.63) is 18.2 Å². The van der Waals surface area contributed by atoms with Crippen LogP contribution in [0.3, 0.4) is 0 Å².